The van der Waals surface area contributed by atoms with Crippen LogP contribution >= 0.6 is 0 Å². The molecule has 0 aliphatic heterocycles. The molecule has 0 aromatic heterocycles. The van der Waals surface area contributed by atoms with Gasteiger partial charge in [0.2, 0.25) is 5.91 Å². The molecule has 2 atom stereocenters. The minimum atomic E-state index is 0.141. The maximum Gasteiger partial charge on any atom is 0.227 e. The summed E-state index contributed by atoms with van der Waals surface area (Å²) in [5.41, 5.74) is 8.18. The Bertz CT molecular complexity index is 554. The average Bonchev–Trinajstić information content (AvgIpc) is 2.86. The van der Waals surface area contributed by atoms with E-state index >= 15 is 0 Å². The van der Waals surface area contributed by atoms with Gasteiger partial charge in [-0.05, 0) is 43.4 Å². The van der Waals surface area contributed by atoms with Gasteiger partial charge in [-0.15, -0.1) is 0 Å². The van der Waals surface area contributed by atoms with Crippen LogP contribution in [0.25, 0.3) is 0 Å². The van der Waals surface area contributed by atoms with Crippen molar-refractivity contribution in [3.8, 4) is 11.8 Å². The molecule has 0 spiro atoms. The third-order valence-electron chi connectivity index (χ3n) is 4.03. The van der Waals surface area contributed by atoms with E-state index in [4.69, 9.17) is 5.73 Å². The number of benzene rings is 1. The second kappa shape index (κ2) is 6.58. The van der Waals surface area contributed by atoms with Crippen LogP contribution in [0.4, 0.5) is 5.69 Å². The Morgan fingerprint density at radius 2 is 2.25 bits per heavy atom. The van der Waals surface area contributed by atoms with Crippen LogP contribution in [0.15, 0.2) is 18.2 Å². The fraction of sp³-hybridized carbons (Fsp3) is 0.471. The Hall–Kier alpha value is -1.79. The SMILES string of the molecule is Cc1ccc(C#CCN)cc1NC(=O)C1CCCC1C. The molecule has 0 heterocycles. The fourth-order valence-corrected chi connectivity index (χ4v) is 2.75. The van der Waals surface area contributed by atoms with Gasteiger partial charge in [-0.2, -0.15) is 0 Å². The van der Waals surface area contributed by atoms with E-state index in [9.17, 15) is 4.79 Å². The molecule has 3 heteroatoms. The van der Waals surface area contributed by atoms with E-state index in [1.165, 1.54) is 0 Å². The Labute approximate surface area is 120 Å². The van der Waals surface area contributed by atoms with Crippen LogP contribution < -0.4 is 11.1 Å². The van der Waals surface area contributed by atoms with E-state index in [2.05, 4.69) is 24.1 Å². The summed E-state index contributed by atoms with van der Waals surface area (Å²) in [5.74, 6) is 6.60. The molecule has 1 aromatic rings. The molecule has 106 valence electrons. The van der Waals surface area contributed by atoms with Crippen LogP contribution in [0.3, 0.4) is 0 Å². The number of hydrogen-bond acceptors (Lipinski definition) is 2. The molecule has 3 nitrogen and oxygen atoms in total. The van der Waals surface area contributed by atoms with E-state index in [1.54, 1.807) is 0 Å². The maximum absolute atomic E-state index is 12.3. The van der Waals surface area contributed by atoms with Crippen molar-refractivity contribution in [2.45, 2.75) is 33.1 Å². The lowest BCUT2D eigenvalue weighted by Crippen LogP contribution is -2.24. The zero-order valence-electron chi connectivity index (χ0n) is 12.2. The molecule has 1 amide bonds. The zero-order chi connectivity index (χ0) is 14.5. The van der Waals surface area contributed by atoms with Crippen LogP contribution in [-0.2, 0) is 4.79 Å². The second-order valence-corrected chi connectivity index (χ2v) is 5.54. The number of amides is 1. The number of nitrogens with one attached hydrogen (secondary N) is 1. The number of rotatable bonds is 2. The van der Waals surface area contributed by atoms with E-state index in [0.717, 1.165) is 36.1 Å². The topological polar surface area (TPSA) is 55.1 Å². The van der Waals surface area contributed by atoms with Crippen LogP contribution in [0.1, 0.15) is 37.3 Å². The molecule has 0 saturated heterocycles. The van der Waals surface area contributed by atoms with Gasteiger partial charge in [-0.3, -0.25) is 4.79 Å². The number of nitrogens with two attached hydrogens (primary N) is 1. The quantitative estimate of drug-likeness (QED) is 0.812. The summed E-state index contributed by atoms with van der Waals surface area (Å²) in [6.07, 6.45) is 3.30. The summed E-state index contributed by atoms with van der Waals surface area (Å²) in [6, 6.07) is 5.86. The summed E-state index contributed by atoms with van der Waals surface area (Å²) in [4.78, 5) is 12.3. The molecule has 2 unspecified atom stereocenters. The Balaban J connectivity index is 2.13. The van der Waals surface area contributed by atoms with Crippen molar-refractivity contribution >= 4 is 11.6 Å². The Kier molecular flexibility index (Phi) is 4.81. The summed E-state index contributed by atoms with van der Waals surface area (Å²) >= 11 is 0. The molecule has 1 aromatic carbocycles. The minimum Gasteiger partial charge on any atom is -0.326 e. The predicted molar refractivity (Wildman–Crippen MR) is 82.2 cm³/mol. The molecule has 2 rings (SSSR count). The Morgan fingerprint density at radius 3 is 2.90 bits per heavy atom. The lowest BCUT2D eigenvalue weighted by atomic mass is 9.97. The fourth-order valence-electron chi connectivity index (χ4n) is 2.75. The first-order valence-corrected chi connectivity index (χ1v) is 7.22. The normalized spacial score (nSPS) is 21.1. The molecule has 0 bridgehead atoms. The van der Waals surface area contributed by atoms with Gasteiger partial charge in [0, 0.05) is 17.2 Å². The second-order valence-electron chi connectivity index (χ2n) is 5.54. The zero-order valence-corrected chi connectivity index (χ0v) is 12.2. The monoisotopic (exact) mass is 270 g/mol. The van der Waals surface area contributed by atoms with E-state index < -0.39 is 0 Å². The minimum absolute atomic E-state index is 0.141. The number of aryl methyl sites for hydroxylation is 1. The Morgan fingerprint density at radius 1 is 1.45 bits per heavy atom. The molecule has 1 aliphatic rings. The van der Waals surface area contributed by atoms with Gasteiger partial charge in [0.1, 0.15) is 0 Å². The van der Waals surface area contributed by atoms with Gasteiger partial charge in [0.15, 0.2) is 0 Å². The van der Waals surface area contributed by atoms with Crippen molar-refractivity contribution in [2.24, 2.45) is 17.6 Å². The third-order valence-corrected chi connectivity index (χ3v) is 4.03. The van der Waals surface area contributed by atoms with Crippen LogP contribution in [0.5, 0.6) is 0 Å². The number of carbonyl (C=O) groups excluding carboxylic acids is 1. The molecular weight excluding hydrogens is 248 g/mol. The van der Waals surface area contributed by atoms with Crippen molar-refractivity contribution in [1.29, 1.82) is 0 Å². The number of carbonyl (C=O) groups is 1. The standard InChI is InChI=1S/C17H22N2O/c1-12-5-3-7-15(12)17(20)19-16-11-14(6-4-10-18)9-8-13(16)2/h8-9,11-12,15H,3,5,7,10,18H2,1-2H3,(H,19,20). The van der Waals surface area contributed by atoms with Crippen LogP contribution in [-0.4, -0.2) is 12.5 Å². The molecule has 1 fully saturated rings. The van der Waals surface area contributed by atoms with E-state index in [0.29, 0.717) is 12.5 Å². The van der Waals surface area contributed by atoms with Gasteiger partial charge < -0.3 is 11.1 Å². The smallest absolute Gasteiger partial charge is 0.227 e. The highest BCUT2D eigenvalue weighted by molar-refractivity contribution is 5.93. The molecule has 3 N–H and O–H groups in total. The highest BCUT2D eigenvalue weighted by Gasteiger charge is 2.29. The lowest BCUT2D eigenvalue weighted by molar-refractivity contribution is -0.120. The van der Waals surface area contributed by atoms with Crippen molar-refractivity contribution in [2.75, 3.05) is 11.9 Å². The molecular formula is C17H22N2O. The first-order valence-electron chi connectivity index (χ1n) is 7.22. The predicted octanol–water partition coefficient (Wildman–Crippen LogP) is 2.68. The van der Waals surface area contributed by atoms with Crippen LogP contribution in [0, 0.1) is 30.6 Å². The number of hydrogen-bond donors (Lipinski definition) is 2. The average molecular weight is 270 g/mol. The summed E-state index contributed by atoms with van der Waals surface area (Å²) < 4.78 is 0. The van der Waals surface area contributed by atoms with Gasteiger partial charge in [0.25, 0.3) is 0 Å². The van der Waals surface area contributed by atoms with Gasteiger partial charge in [-0.1, -0.05) is 31.3 Å². The highest BCUT2D eigenvalue weighted by atomic mass is 16.1. The lowest BCUT2D eigenvalue weighted by Gasteiger charge is -2.16. The van der Waals surface area contributed by atoms with Crippen molar-refractivity contribution in [3.63, 3.8) is 0 Å². The summed E-state index contributed by atoms with van der Waals surface area (Å²) in [7, 11) is 0. The third kappa shape index (κ3) is 3.40. The molecule has 20 heavy (non-hydrogen) atoms. The molecule has 1 saturated carbocycles. The first-order chi connectivity index (χ1) is 9.61. The maximum atomic E-state index is 12.3. The van der Waals surface area contributed by atoms with E-state index in [1.807, 2.05) is 25.1 Å². The van der Waals surface area contributed by atoms with Gasteiger partial charge >= 0.3 is 0 Å². The van der Waals surface area contributed by atoms with Crippen molar-refractivity contribution in [3.05, 3.63) is 29.3 Å². The first kappa shape index (κ1) is 14.6. The van der Waals surface area contributed by atoms with E-state index in [-0.39, 0.29) is 11.8 Å². The highest BCUT2D eigenvalue weighted by Crippen LogP contribution is 2.32. The molecule has 0 radical (unpaired) electrons. The van der Waals surface area contributed by atoms with Crippen molar-refractivity contribution in [1.82, 2.24) is 0 Å². The van der Waals surface area contributed by atoms with Crippen molar-refractivity contribution < 1.29 is 4.79 Å². The summed E-state index contributed by atoms with van der Waals surface area (Å²) in [6.45, 7) is 4.50. The number of anilines is 1. The van der Waals surface area contributed by atoms with Gasteiger partial charge in [-0.25, -0.2) is 0 Å². The van der Waals surface area contributed by atoms with Gasteiger partial charge in [0.05, 0.1) is 6.54 Å². The summed E-state index contributed by atoms with van der Waals surface area (Å²) in [5, 5.41) is 3.06. The molecule has 1 aliphatic carbocycles. The largest absolute Gasteiger partial charge is 0.326 e. The van der Waals surface area contributed by atoms with Crippen LogP contribution in [0.2, 0.25) is 0 Å².